The Morgan fingerprint density at radius 3 is 2.50 bits per heavy atom. The van der Waals surface area contributed by atoms with Crippen molar-refractivity contribution in [2.75, 3.05) is 6.61 Å². The van der Waals surface area contributed by atoms with E-state index in [2.05, 4.69) is 0 Å². The van der Waals surface area contributed by atoms with Crippen LogP contribution in [0.3, 0.4) is 0 Å². The van der Waals surface area contributed by atoms with Crippen molar-refractivity contribution < 1.29 is 9.53 Å². The molecule has 0 saturated carbocycles. The fourth-order valence-corrected chi connectivity index (χ4v) is 0.821. The summed E-state index contributed by atoms with van der Waals surface area (Å²) < 4.78 is 4.77. The highest BCUT2D eigenvalue weighted by Crippen LogP contribution is 2.07. The first-order valence-corrected chi connectivity index (χ1v) is 3.73. The van der Waals surface area contributed by atoms with E-state index in [1.54, 1.807) is 31.2 Å². The maximum atomic E-state index is 11.1. The molecule has 12 heavy (non-hydrogen) atoms. The first-order valence-electron chi connectivity index (χ1n) is 3.73. The molecule has 1 radical (unpaired) electrons. The Bertz CT molecular complexity index is 266. The summed E-state index contributed by atoms with van der Waals surface area (Å²) in [6.45, 7) is 2.14. The van der Waals surface area contributed by atoms with Crippen LogP contribution in [-0.4, -0.2) is 12.6 Å². The molecular weight excluding hydrogens is 154 g/mol. The number of hydrogen-bond donors (Lipinski definition) is 0. The molecule has 3 heteroatoms. The number of nitrogens with one attached hydrogen (secondary N) is 1. The maximum Gasteiger partial charge on any atom is 0.338 e. The Balaban J connectivity index is 2.75. The number of carbonyl (C=O) groups excluding carboxylic acids is 1. The number of carbonyl (C=O) groups is 1. The van der Waals surface area contributed by atoms with Crippen LogP contribution in [0.4, 0.5) is 5.69 Å². The highest BCUT2D eigenvalue weighted by Gasteiger charge is 2.03. The second-order valence-electron chi connectivity index (χ2n) is 2.30. The first kappa shape index (κ1) is 8.59. The molecule has 0 aliphatic rings. The van der Waals surface area contributed by atoms with E-state index < -0.39 is 0 Å². The van der Waals surface area contributed by atoms with Gasteiger partial charge in [-0.3, -0.25) is 0 Å². The average Bonchev–Trinajstić information content (AvgIpc) is 2.06. The monoisotopic (exact) mass is 164 g/mol. The molecular formula is C9H10NO2. The van der Waals surface area contributed by atoms with Gasteiger partial charge in [-0.05, 0) is 31.2 Å². The van der Waals surface area contributed by atoms with Gasteiger partial charge in [0.15, 0.2) is 0 Å². The van der Waals surface area contributed by atoms with Gasteiger partial charge in [-0.2, -0.15) is 0 Å². The van der Waals surface area contributed by atoms with Gasteiger partial charge in [0.05, 0.1) is 17.9 Å². The number of ether oxygens (including phenoxy) is 1. The van der Waals surface area contributed by atoms with Gasteiger partial charge in [0.25, 0.3) is 0 Å². The SMILES string of the molecule is CCOC(=O)c1ccc([NH])cc1. The molecule has 0 atom stereocenters. The number of rotatable bonds is 2. The topological polar surface area (TPSA) is 50.1 Å². The molecule has 0 bridgehead atoms. The predicted octanol–water partition coefficient (Wildman–Crippen LogP) is 1.78. The summed E-state index contributed by atoms with van der Waals surface area (Å²) >= 11 is 0. The van der Waals surface area contributed by atoms with E-state index in [4.69, 9.17) is 10.5 Å². The molecule has 1 aromatic carbocycles. The minimum Gasteiger partial charge on any atom is -0.462 e. The normalized spacial score (nSPS) is 9.42. The van der Waals surface area contributed by atoms with Gasteiger partial charge in [0.2, 0.25) is 0 Å². The fraction of sp³-hybridized carbons (Fsp3) is 0.222. The van der Waals surface area contributed by atoms with Crippen molar-refractivity contribution >= 4 is 11.7 Å². The lowest BCUT2D eigenvalue weighted by Crippen LogP contribution is -2.03. The Hall–Kier alpha value is -1.51. The zero-order valence-corrected chi connectivity index (χ0v) is 6.83. The molecule has 63 valence electrons. The third-order valence-corrected chi connectivity index (χ3v) is 1.40. The summed E-state index contributed by atoms with van der Waals surface area (Å²) in [5.41, 5.74) is 8.07. The number of esters is 1. The smallest absolute Gasteiger partial charge is 0.338 e. The van der Waals surface area contributed by atoms with Crippen LogP contribution in [-0.2, 0) is 4.74 Å². The van der Waals surface area contributed by atoms with Crippen LogP contribution in [0.15, 0.2) is 24.3 Å². The standard InChI is InChI=1S/C9H10NO2/c1-2-12-9(11)7-3-5-8(10)6-4-7/h3-6,10H,2H2,1H3. The third-order valence-electron chi connectivity index (χ3n) is 1.40. The highest BCUT2D eigenvalue weighted by molar-refractivity contribution is 5.89. The molecule has 1 rings (SSSR count). The maximum absolute atomic E-state index is 11.1. The van der Waals surface area contributed by atoms with Crippen molar-refractivity contribution in [3.8, 4) is 0 Å². The van der Waals surface area contributed by atoms with Crippen LogP contribution in [0.2, 0.25) is 0 Å². The molecule has 0 aliphatic carbocycles. The summed E-state index contributed by atoms with van der Waals surface area (Å²) in [7, 11) is 0. The van der Waals surface area contributed by atoms with Crippen LogP contribution in [0.5, 0.6) is 0 Å². The molecule has 1 aromatic rings. The van der Waals surface area contributed by atoms with Crippen LogP contribution in [0, 0.1) is 0 Å². The van der Waals surface area contributed by atoms with Gasteiger partial charge >= 0.3 is 5.97 Å². The van der Waals surface area contributed by atoms with Gasteiger partial charge in [-0.25, -0.2) is 4.79 Å². The quantitative estimate of drug-likeness (QED) is 0.625. The lowest BCUT2D eigenvalue weighted by atomic mass is 10.2. The lowest BCUT2D eigenvalue weighted by Gasteiger charge is -2.00. The van der Waals surface area contributed by atoms with Crippen LogP contribution >= 0.6 is 0 Å². The fourth-order valence-electron chi connectivity index (χ4n) is 0.821. The Morgan fingerprint density at radius 2 is 2.00 bits per heavy atom. The first-order chi connectivity index (χ1) is 5.74. The van der Waals surface area contributed by atoms with Crippen molar-refractivity contribution in [3.63, 3.8) is 0 Å². The predicted molar refractivity (Wildman–Crippen MR) is 45.2 cm³/mol. The van der Waals surface area contributed by atoms with E-state index in [-0.39, 0.29) is 5.97 Å². The van der Waals surface area contributed by atoms with Crippen molar-refractivity contribution in [2.45, 2.75) is 6.92 Å². The second-order valence-corrected chi connectivity index (χ2v) is 2.30. The number of hydrogen-bond acceptors (Lipinski definition) is 2. The Labute approximate surface area is 71.1 Å². The van der Waals surface area contributed by atoms with Crippen LogP contribution in [0.1, 0.15) is 17.3 Å². The van der Waals surface area contributed by atoms with Gasteiger partial charge < -0.3 is 10.5 Å². The molecule has 0 heterocycles. The van der Waals surface area contributed by atoms with E-state index in [9.17, 15) is 4.79 Å². The van der Waals surface area contributed by atoms with E-state index in [1.807, 2.05) is 0 Å². The van der Waals surface area contributed by atoms with Crippen LogP contribution in [0.25, 0.3) is 0 Å². The molecule has 1 N–H and O–H groups in total. The van der Waals surface area contributed by atoms with E-state index in [0.29, 0.717) is 17.9 Å². The molecule has 0 aromatic heterocycles. The molecule has 0 amide bonds. The Morgan fingerprint density at radius 1 is 1.42 bits per heavy atom. The van der Waals surface area contributed by atoms with Crippen molar-refractivity contribution in [3.05, 3.63) is 29.8 Å². The summed E-state index contributed by atoms with van der Waals surface area (Å²) in [5.74, 6) is -0.336. The molecule has 0 spiro atoms. The van der Waals surface area contributed by atoms with Crippen LogP contribution < -0.4 is 5.73 Å². The van der Waals surface area contributed by atoms with E-state index in [0.717, 1.165) is 0 Å². The lowest BCUT2D eigenvalue weighted by molar-refractivity contribution is 0.0526. The van der Waals surface area contributed by atoms with Crippen molar-refractivity contribution in [2.24, 2.45) is 0 Å². The molecule has 0 unspecified atom stereocenters. The summed E-state index contributed by atoms with van der Waals surface area (Å²) in [4.78, 5) is 11.1. The summed E-state index contributed by atoms with van der Waals surface area (Å²) in [6, 6.07) is 6.29. The summed E-state index contributed by atoms with van der Waals surface area (Å²) in [5, 5.41) is 0. The van der Waals surface area contributed by atoms with E-state index >= 15 is 0 Å². The number of benzene rings is 1. The van der Waals surface area contributed by atoms with Crippen molar-refractivity contribution in [1.29, 1.82) is 0 Å². The zero-order valence-electron chi connectivity index (χ0n) is 6.83. The van der Waals surface area contributed by atoms with Gasteiger partial charge in [-0.15, -0.1) is 0 Å². The highest BCUT2D eigenvalue weighted by atomic mass is 16.5. The summed E-state index contributed by atoms with van der Waals surface area (Å²) in [6.07, 6.45) is 0. The van der Waals surface area contributed by atoms with Gasteiger partial charge in [0.1, 0.15) is 0 Å². The average molecular weight is 164 g/mol. The van der Waals surface area contributed by atoms with Gasteiger partial charge in [-0.1, -0.05) is 0 Å². The minimum atomic E-state index is -0.336. The Kier molecular flexibility index (Phi) is 2.69. The third kappa shape index (κ3) is 1.99. The minimum absolute atomic E-state index is 0.336. The molecule has 0 aliphatic heterocycles. The zero-order chi connectivity index (χ0) is 8.97. The molecule has 3 nitrogen and oxygen atoms in total. The molecule has 0 saturated heterocycles. The second kappa shape index (κ2) is 3.76. The van der Waals surface area contributed by atoms with E-state index in [1.165, 1.54) is 0 Å². The van der Waals surface area contributed by atoms with Crippen molar-refractivity contribution in [1.82, 2.24) is 5.73 Å². The molecule has 0 fully saturated rings. The van der Waals surface area contributed by atoms with Gasteiger partial charge in [0, 0.05) is 0 Å². The largest absolute Gasteiger partial charge is 0.462 e.